The lowest BCUT2D eigenvalue weighted by Gasteiger charge is -2.31. The first-order chi connectivity index (χ1) is 9.68. The Morgan fingerprint density at radius 1 is 1.19 bits per heavy atom. The molecule has 0 fully saturated rings. The summed E-state index contributed by atoms with van der Waals surface area (Å²) in [4.78, 5) is 10.5. The van der Waals surface area contributed by atoms with Crippen LogP contribution in [0.3, 0.4) is 0 Å². The lowest BCUT2D eigenvalue weighted by Crippen LogP contribution is -2.42. The highest BCUT2D eigenvalue weighted by atomic mass is 19.4. The lowest BCUT2D eigenvalue weighted by molar-refractivity contribution is -0.269. The van der Waals surface area contributed by atoms with Gasteiger partial charge < -0.3 is 15.9 Å². The summed E-state index contributed by atoms with van der Waals surface area (Å²) in [7, 11) is 0. The van der Waals surface area contributed by atoms with Gasteiger partial charge in [-0.1, -0.05) is 36.8 Å². The highest BCUT2D eigenvalue weighted by Gasteiger charge is 2.54. The number of halogens is 3. The van der Waals surface area contributed by atoms with E-state index in [4.69, 9.17) is 10.8 Å². The molecule has 0 aliphatic rings. The summed E-state index contributed by atoms with van der Waals surface area (Å²) in [6.07, 6.45) is -5.06. The maximum atomic E-state index is 13.1. The average Bonchev–Trinajstić information content (AvgIpc) is 2.42. The molecule has 0 heterocycles. The molecule has 4 nitrogen and oxygen atoms in total. The summed E-state index contributed by atoms with van der Waals surface area (Å²) in [5, 5.41) is 18.6. The Labute approximate surface area is 120 Å². The van der Waals surface area contributed by atoms with Crippen LogP contribution in [-0.2, 0) is 10.4 Å². The third kappa shape index (κ3) is 4.44. The van der Waals surface area contributed by atoms with E-state index in [1.54, 1.807) is 6.07 Å². The number of alkyl halides is 3. The van der Waals surface area contributed by atoms with E-state index in [2.05, 4.69) is 0 Å². The molecule has 1 aromatic rings. The van der Waals surface area contributed by atoms with Crippen LogP contribution in [0.25, 0.3) is 0 Å². The van der Waals surface area contributed by atoms with Crippen molar-refractivity contribution in [3.63, 3.8) is 0 Å². The SMILES string of the molecule is N[C@@H](CCCC[C@](O)(c1ccccc1)C(F)(F)F)C(=O)O. The van der Waals surface area contributed by atoms with Crippen LogP contribution < -0.4 is 5.73 Å². The second kappa shape index (κ2) is 6.91. The molecular formula is C14H18F3NO3. The van der Waals surface area contributed by atoms with E-state index in [-0.39, 0.29) is 24.8 Å². The monoisotopic (exact) mass is 305 g/mol. The van der Waals surface area contributed by atoms with Gasteiger partial charge in [-0.2, -0.15) is 13.2 Å². The molecule has 1 aromatic carbocycles. The molecule has 118 valence electrons. The Morgan fingerprint density at radius 2 is 1.76 bits per heavy atom. The van der Waals surface area contributed by atoms with E-state index in [0.29, 0.717) is 0 Å². The predicted octanol–water partition coefficient (Wildman–Crippen LogP) is 2.41. The summed E-state index contributed by atoms with van der Waals surface area (Å²) in [6, 6.07) is 5.75. The molecule has 0 radical (unpaired) electrons. The zero-order chi connectivity index (χ0) is 16.1. The van der Waals surface area contributed by atoms with Crippen LogP contribution in [0.1, 0.15) is 31.2 Å². The molecule has 0 bridgehead atoms. The molecule has 4 N–H and O–H groups in total. The van der Waals surface area contributed by atoms with Crippen molar-refractivity contribution in [2.45, 2.75) is 43.5 Å². The fraction of sp³-hybridized carbons (Fsp3) is 0.500. The summed E-state index contributed by atoms with van der Waals surface area (Å²) < 4.78 is 39.4. The van der Waals surface area contributed by atoms with Gasteiger partial charge in [0.05, 0.1) is 0 Å². The van der Waals surface area contributed by atoms with Gasteiger partial charge in [-0.15, -0.1) is 0 Å². The van der Waals surface area contributed by atoms with Crippen LogP contribution in [0.15, 0.2) is 30.3 Å². The van der Waals surface area contributed by atoms with Gasteiger partial charge in [0.15, 0.2) is 5.60 Å². The van der Waals surface area contributed by atoms with E-state index in [1.807, 2.05) is 0 Å². The first kappa shape index (κ1) is 17.5. The van der Waals surface area contributed by atoms with Crippen LogP contribution >= 0.6 is 0 Å². The fourth-order valence-corrected chi connectivity index (χ4v) is 2.03. The summed E-state index contributed by atoms with van der Waals surface area (Å²) in [6.45, 7) is 0. The molecule has 0 saturated heterocycles. The molecule has 0 aromatic heterocycles. The van der Waals surface area contributed by atoms with Gasteiger partial charge in [-0.25, -0.2) is 0 Å². The normalized spacial score (nSPS) is 16.2. The Hall–Kier alpha value is -1.60. The topological polar surface area (TPSA) is 83.5 Å². The standard InChI is InChI=1S/C14H18F3NO3/c15-14(16,17)13(21,10-6-2-1-3-7-10)9-5-4-8-11(18)12(19)20/h1-3,6-7,11,21H,4-5,8-9,18H2,(H,19,20)/t11-,13-/m0/s1. The minimum Gasteiger partial charge on any atom is -0.480 e. The number of carbonyl (C=O) groups is 1. The number of aliphatic hydroxyl groups is 1. The number of carboxylic acid groups (broad SMARTS) is 1. The largest absolute Gasteiger partial charge is 0.480 e. The van der Waals surface area contributed by atoms with Crippen molar-refractivity contribution < 1.29 is 28.2 Å². The summed E-state index contributed by atoms with van der Waals surface area (Å²) in [5.74, 6) is -1.19. The van der Waals surface area contributed by atoms with Crippen molar-refractivity contribution in [1.29, 1.82) is 0 Å². The van der Waals surface area contributed by atoms with Crippen molar-refractivity contribution in [2.24, 2.45) is 5.73 Å². The number of unbranched alkanes of at least 4 members (excludes halogenated alkanes) is 1. The van der Waals surface area contributed by atoms with Crippen molar-refractivity contribution in [2.75, 3.05) is 0 Å². The first-order valence-electron chi connectivity index (χ1n) is 6.51. The zero-order valence-electron chi connectivity index (χ0n) is 11.3. The quantitative estimate of drug-likeness (QED) is 0.675. The molecule has 2 atom stereocenters. The van der Waals surface area contributed by atoms with Gasteiger partial charge in [0.2, 0.25) is 0 Å². The van der Waals surface area contributed by atoms with Gasteiger partial charge in [0, 0.05) is 0 Å². The molecule has 1 rings (SSSR count). The minimum absolute atomic E-state index is 0.0197. The van der Waals surface area contributed by atoms with E-state index in [0.717, 1.165) is 0 Å². The average molecular weight is 305 g/mol. The van der Waals surface area contributed by atoms with Crippen LogP contribution in [0.5, 0.6) is 0 Å². The van der Waals surface area contributed by atoms with Crippen LogP contribution in [0, 0.1) is 0 Å². The molecule has 0 aliphatic heterocycles. The van der Waals surface area contributed by atoms with E-state index in [9.17, 15) is 23.1 Å². The van der Waals surface area contributed by atoms with Gasteiger partial charge in [0.1, 0.15) is 6.04 Å². The number of benzene rings is 1. The zero-order valence-corrected chi connectivity index (χ0v) is 11.3. The number of rotatable bonds is 7. The Bertz CT molecular complexity index is 464. The molecule has 21 heavy (non-hydrogen) atoms. The summed E-state index contributed by atoms with van der Waals surface area (Å²) in [5.41, 5.74) is 2.13. The molecule has 7 heteroatoms. The summed E-state index contributed by atoms with van der Waals surface area (Å²) >= 11 is 0. The minimum atomic E-state index is -4.80. The van der Waals surface area contributed by atoms with Gasteiger partial charge in [-0.05, 0) is 24.8 Å². The molecule has 0 saturated carbocycles. The third-order valence-electron chi connectivity index (χ3n) is 3.34. The first-order valence-corrected chi connectivity index (χ1v) is 6.51. The lowest BCUT2D eigenvalue weighted by atomic mass is 9.87. The number of nitrogens with two attached hydrogens (primary N) is 1. The predicted molar refractivity (Wildman–Crippen MR) is 70.5 cm³/mol. The Morgan fingerprint density at radius 3 is 2.24 bits per heavy atom. The fourth-order valence-electron chi connectivity index (χ4n) is 2.03. The highest BCUT2D eigenvalue weighted by Crippen LogP contribution is 2.42. The maximum absolute atomic E-state index is 13.1. The molecule has 0 spiro atoms. The second-order valence-corrected chi connectivity index (χ2v) is 4.91. The molecule has 0 amide bonds. The van der Waals surface area contributed by atoms with Gasteiger partial charge in [0.25, 0.3) is 0 Å². The number of hydrogen-bond acceptors (Lipinski definition) is 3. The number of carboxylic acids is 1. The van der Waals surface area contributed by atoms with Crippen molar-refractivity contribution in [3.8, 4) is 0 Å². The van der Waals surface area contributed by atoms with Crippen molar-refractivity contribution in [1.82, 2.24) is 0 Å². The van der Waals surface area contributed by atoms with Gasteiger partial charge >= 0.3 is 12.1 Å². The molecular weight excluding hydrogens is 287 g/mol. The number of hydrogen-bond donors (Lipinski definition) is 3. The maximum Gasteiger partial charge on any atom is 0.421 e. The Balaban J connectivity index is 2.71. The van der Waals surface area contributed by atoms with Crippen LogP contribution in [-0.4, -0.2) is 28.4 Å². The third-order valence-corrected chi connectivity index (χ3v) is 3.34. The van der Waals surface area contributed by atoms with E-state index in [1.165, 1.54) is 24.3 Å². The van der Waals surface area contributed by atoms with Crippen LogP contribution in [0.4, 0.5) is 13.2 Å². The molecule has 0 unspecified atom stereocenters. The van der Waals surface area contributed by atoms with Crippen molar-refractivity contribution >= 4 is 5.97 Å². The smallest absolute Gasteiger partial charge is 0.421 e. The van der Waals surface area contributed by atoms with Crippen LogP contribution in [0.2, 0.25) is 0 Å². The van der Waals surface area contributed by atoms with Crippen molar-refractivity contribution in [3.05, 3.63) is 35.9 Å². The van der Waals surface area contributed by atoms with E-state index >= 15 is 0 Å². The van der Waals surface area contributed by atoms with E-state index < -0.39 is 30.2 Å². The number of aliphatic carboxylic acids is 1. The van der Waals surface area contributed by atoms with Gasteiger partial charge in [-0.3, -0.25) is 4.79 Å². The molecule has 0 aliphatic carbocycles. The Kier molecular flexibility index (Phi) is 5.74. The highest BCUT2D eigenvalue weighted by molar-refractivity contribution is 5.72. The second-order valence-electron chi connectivity index (χ2n) is 4.91.